The maximum absolute atomic E-state index is 5.13. The number of nitrogens with zero attached hydrogens (tertiary/aromatic N) is 2. The van der Waals surface area contributed by atoms with Crippen LogP contribution >= 0.6 is 0 Å². The van der Waals surface area contributed by atoms with Gasteiger partial charge in [-0.05, 0) is 86.8 Å². The molecule has 0 aliphatic heterocycles. The van der Waals surface area contributed by atoms with Crippen LogP contribution in [0.15, 0.2) is 46.4 Å². The summed E-state index contributed by atoms with van der Waals surface area (Å²) in [7, 11) is 3.91. The highest BCUT2D eigenvalue weighted by atomic mass is 14.9. The Morgan fingerprint density at radius 3 is 1.70 bits per heavy atom. The molecule has 2 fully saturated rings. The average molecular weight is 403 g/mol. The van der Waals surface area contributed by atoms with Crippen molar-refractivity contribution in [2.45, 2.75) is 64.2 Å². The molecule has 2 saturated carbocycles. The van der Waals surface area contributed by atoms with Crippen LogP contribution in [0.25, 0.3) is 11.1 Å². The van der Waals surface area contributed by atoms with E-state index in [4.69, 9.17) is 9.98 Å². The number of aliphatic imine (C=N–C) groups is 2. The first-order valence-corrected chi connectivity index (χ1v) is 11.5. The summed E-state index contributed by atoms with van der Waals surface area (Å²) < 4.78 is 0. The molecule has 4 rings (SSSR count). The lowest BCUT2D eigenvalue weighted by molar-refractivity contribution is 0.666. The van der Waals surface area contributed by atoms with E-state index in [1.54, 1.807) is 0 Å². The fourth-order valence-corrected chi connectivity index (χ4v) is 4.52. The van der Waals surface area contributed by atoms with Crippen molar-refractivity contribution in [3.63, 3.8) is 0 Å². The summed E-state index contributed by atoms with van der Waals surface area (Å²) >= 11 is 0. The first kappa shape index (κ1) is 20.6. The topological polar surface area (TPSA) is 48.8 Å². The first-order valence-electron chi connectivity index (χ1n) is 11.5. The molecule has 2 N–H and O–H groups in total. The zero-order valence-corrected chi connectivity index (χ0v) is 18.4. The average Bonchev–Trinajstić information content (AvgIpc) is 2.81. The van der Waals surface area contributed by atoms with E-state index >= 15 is 0 Å². The predicted molar refractivity (Wildman–Crippen MR) is 131 cm³/mol. The molecule has 4 nitrogen and oxygen atoms in total. The SMILES string of the molecule is CNc1ccc(-c2ccc(N=C3CCCCC3)c(N=C3CCCCC3)c2)cc1NC. The molecule has 0 saturated heterocycles. The molecule has 0 spiro atoms. The van der Waals surface area contributed by atoms with Crippen LogP contribution in [-0.4, -0.2) is 25.5 Å². The van der Waals surface area contributed by atoms with Gasteiger partial charge >= 0.3 is 0 Å². The molecule has 0 bridgehead atoms. The minimum absolute atomic E-state index is 1.03. The van der Waals surface area contributed by atoms with E-state index in [2.05, 4.69) is 47.0 Å². The Kier molecular flexibility index (Phi) is 6.83. The van der Waals surface area contributed by atoms with Gasteiger partial charge in [-0.15, -0.1) is 0 Å². The summed E-state index contributed by atoms with van der Waals surface area (Å²) in [6.07, 6.45) is 12.3. The Hall–Kier alpha value is -2.62. The van der Waals surface area contributed by atoms with Crippen LogP contribution in [-0.2, 0) is 0 Å². The Morgan fingerprint density at radius 2 is 1.10 bits per heavy atom. The highest BCUT2D eigenvalue weighted by Crippen LogP contribution is 2.37. The van der Waals surface area contributed by atoms with E-state index in [-0.39, 0.29) is 0 Å². The van der Waals surface area contributed by atoms with Crippen LogP contribution in [0.4, 0.5) is 22.7 Å². The molecule has 2 aromatic rings. The van der Waals surface area contributed by atoms with Gasteiger partial charge in [0, 0.05) is 25.5 Å². The van der Waals surface area contributed by atoms with Crippen molar-refractivity contribution in [2.24, 2.45) is 9.98 Å². The molecule has 0 amide bonds. The van der Waals surface area contributed by atoms with Crippen LogP contribution in [0.5, 0.6) is 0 Å². The molecule has 0 unspecified atom stereocenters. The van der Waals surface area contributed by atoms with Gasteiger partial charge in [0.05, 0.1) is 22.7 Å². The van der Waals surface area contributed by atoms with Crippen molar-refractivity contribution in [3.8, 4) is 11.1 Å². The van der Waals surface area contributed by atoms with Crippen LogP contribution in [0, 0.1) is 0 Å². The quantitative estimate of drug-likeness (QED) is 0.543. The second kappa shape index (κ2) is 9.92. The van der Waals surface area contributed by atoms with Gasteiger partial charge in [-0.3, -0.25) is 9.98 Å². The van der Waals surface area contributed by atoms with E-state index < -0.39 is 0 Å². The van der Waals surface area contributed by atoms with E-state index in [1.807, 2.05) is 14.1 Å². The monoisotopic (exact) mass is 402 g/mol. The van der Waals surface area contributed by atoms with Crippen molar-refractivity contribution < 1.29 is 0 Å². The fraction of sp³-hybridized carbons (Fsp3) is 0.462. The minimum atomic E-state index is 1.03. The molecule has 0 aromatic heterocycles. The molecule has 0 radical (unpaired) electrons. The van der Waals surface area contributed by atoms with E-state index in [9.17, 15) is 0 Å². The van der Waals surface area contributed by atoms with Gasteiger partial charge in [-0.2, -0.15) is 0 Å². The number of anilines is 2. The fourth-order valence-electron chi connectivity index (χ4n) is 4.52. The number of nitrogens with one attached hydrogen (secondary N) is 2. The molecule has 4 heteroatoms. The molecule has 2 aromatic carbocycles. The molecule has 0 heterocycles. The third-order valence-corrected chi connectivity index (χ3v) is 6.29. The summed E-state index contributed by atoms with van der Waals surface area (Å²) in [6.45, 7) is 0. The Morgan fingerprint density at radius 1 is 0.567 bits per heavy atom. The minimum Gasteiger partial charge on any atom is -0.386 e. The summed E-state index contributed by atoms with van der Waals surface area (Å²) in [5.74, 6) is 0. The Balaban J connectivity index is 1.73. The van der Waals surface area contributed by atoms with Crippen LogP contribution in [0.2, 0.25) is 0 Å². The lowest BCUT2D eigenvalue weighted by Gasteiger charge is -2.16. The lowest BCUT2D eigenvalue weighted by Crippen LogP contribution is -2.05. The zero-order chi connectivity index (χ0) is 20.8. The van der Waals surface area contributed by atoms with Gasteiger partial charge < -0.3 is 10.6 Å². The molecule has 2 aliphatic rings. The van der Waals surface area contributed by atoms with Crippen molar-refractivity contribution in [3.05, 3.63) is 36.4 Å². The maximum atomic E-state index is 5.13. The Bertz CT molecular complexity index is 926. The second-order valence-corrected chi connectivity index (χ2v) is 8.44. The van der Waals surface area contributed by atoms with E-state index in [1.165, 1.54) is 61.1 Å². The molecular weight excluding hydrogens is 368 g/mol. The van der Waals surface area contributed by atoms with Crippen molar-refractivity contribution in [1.82, 2.24) is 0 Å². The summed E-state index contributed by atoms with van der Waals surface area (Å²) in [6, 6.07) is 13.1. The number of hydrogen-bond donors (Lipinski definition) is 2. The van der Waals surface area contributed by atoms with Crippen LogP contribution in [0.3, 0.4) is 0 Å². The van der Waals surface area contributed by atoms with Crippen molar-refractivity contribution in [1.29, 1.82) is 0 Å². The lowest BCUT2D eigenvalue weighted by atomic mass is 9.97. The third-order valence-electron chi connectivity index (χ3n) is 6.29. The molecule has 158 valence electrons. The van der Waals surface area contributed by atoms with Crippen molar-refractivity contribution >= 4 is 34.2 Å². The number of hydrogen-bond acceptors (Lipinski definition) is 4. The van der Waals surface area contributed by atoms with E-state index in [0.29, 0.717) is 0 Å². The first-order chi connectivity index (χ1) is 14.8. The summed E-state index contributed by atoms with van der Waals surface area (Å²) in [4.78, 5) is 10.2. The highest BCUT2D eigenvalue weighted by molar-refractivity contribution is 5.93. The largest absolute Gasteiger partial charge is 0.386 e. The maximum Gasteiger partial charge on any atom is 0.0891 e. The normalized spacial score (nSPS) is 16.9. The molecule has 2 aliphatic carbocycles. The summed E-state index contributed by atoms with van der Waals surface area (Å²) in [5.41, 5.74) is 9.34. The van der Waals surface area contributed by atoms with Gasteiger partial charge in [-0.1, -0.05) is 25.0 Å². The number of benzene rings is 2. The molecule has 30 heavy (non-hydrogen) atoms. The zero-order valence-electron chi connectivity index (χ0n) is 18.4. The highest BCUT2D eigenvalue weighted by Gasteiger charge is 2.13. The molecular formula is C26H34N4. The van der Waals surface area contributed by atoms with Gasteiger partial charge in [0.15, 0.2) is 0 Å². The van der Waals surface area contributed by atoms with Crippen LogP contribution < -0.4 is 10.6 Å². The second-order valence-electron chi connectivity index (χ2n) is 8.44. The Labute approximate surface area is 180 Å². The summed E-state index contributed by atoms with van der Waals surface area (Å²) in [5, 5.41) is 6.53. The van der Waals surface area contributed by atoms with Gasteiger partial charge in [0.1, 0.15) is 0 Å². The van der Waals surface area contributed by atoms with Crippen molar-refractivity contribution in [2.75, 3.05) is 24.7 Å². The van der Waals surface area contributed by atoms with Gasteiger partial charge in [-0.25, -0.2) is 0 Å². The number of rotatable bonds is 5. The predicted octanol–water partition coefficient (Wildman–Crippen LogP) is 7.51. The van der Waals surface area contributed by atoms with Gasteiger partial charge in [0.2, 0.25) is 0 Å². The third kappa shape index (κ3) is 4.92. The van der Waals surface area contributed by atoms with Crippen LogP contribution in [0.1, 0.15) is 64.2 Å². The smallest absolute Gasteiger partial charge is 0.0891 e. The van der Waals surface area contributed by atoms with E-state index in [0.717, 1.165) is 48.4 Å². The van der Waals surface area contributed by atoms with Gasteiger partial charge in [0.25, 0.3) is 0 Å². The molecule has 0 atom stereocenters. The standard InChI is InChI=1S/C26H34N4/c1-27-23-15-13-19(17-25(23)28-2)20-14-16-24(29-21-9-5-3-6-10-21)26(18-20)30-22-11-7-4-8-12-22/h13-18,27-28H,3-12H2,1-2H3.